The molecule has 0 unspecified atom stereocenters. The molecule has 0 spiro atoms. The fourth-order valence-corrected chi connectivity index (χ4v) is 3.53. The van der Waals surface area contributed by atoms with Crippen LogP contribution in [0.15, 0.2) is 71.3 Å². The molecule has 0 aliphatic carbocycles. The second-order valence-corrected chi connectivity index (χ2v) is 6.82. The van der Waals surface area contributed by atoms with E-state index in [1.807, 2.05) is 43.3 Å². The highest BCUT2D eigenvalue weighted by atomic mass is 35.5. The zero-order valence-corrected chi connectivity index (χ0v) is 16.2. The number of aromatic hydroxyl groups is 1. The van der Waals surface area contributed by atoms with Gasteiger partial charge in [0.1, 0.15) is 17.2 Å². The largest absolute Gasteiger partial charge is 0.508 e. The quantitative estimate of drug-likeness (QED) is 0.440. The Bertz CT molecular complexity index is 1130. The summed E-state index contributed by atoms with van der Waals surface area (Å²) in [7, 11) is 1.60. The van der Waals surface area contributed by atoms with Crippen molar-refractivity contribution < 1.29 is 14.4 Å². The summed E-state index contributed by atoms with van der Waals surface area (Å²) < 4.78 is 11.3. The topological polar surface area (TPSA) is 55.5 Å². The Labute approximate surface area is 168 Å². The van der Waals surface area contributed by atoms with E-state index in [1.165, 1.54) is 0 Å². The molecule has 1 N–H and O–H groups in total. The fourth-order valence-electron chi connectivity index (χ4n) is 3.28. The van der Waals surface area contributed by atoms with Crippen molar-refractivity contribution in [1.29, 1.82) is 0 Å². The third-order valence-electron chi connectivity index (χ3n) is 4.67. The predicted octanol–water partition coefficient (Wildman–Crippen LogP) is 6.35. The monoisotopic (exact) mass is 391 g/mol. The molecule has 1 heterocycles. The molecule has 0 fully saturated rings. The standard InChI is InChI=1S/C23H18ClNO3/c1-14-6-3-4-7-17(14)20-22(21-18(24)8-5-9-19(21)27-2)25-28-23(20)15-10-12-16(26)13-11-15/h3-13,26H,1-2H3. The van der Waals surface area contributed by atoms with Crippen LogP contribution in [0.4, 0.5) is 0 Å². The number of aryl methyl sites for hydroxylation is 1. The molecule has 0 bridgehead atoms. The van der Waals surface area contributed by atoms with Gasteiger partial charge in [0.25, 0.3) is 0 Å². The van der Waals surface area contributed by atoms with Gasteiger partial charge in [-0.05, 0) is 54.4 Å². The van der Waals surface area contributed by atoms with Crippen molar-refractivity contribution in [2.75, 3.05) is 7.11 Å². The van der Waals surface area contributed by atoms with E-state index in [0.717, 1.165) is 22.3 Å². The minimum Gasteiger partial charge on any atom is -0.508 e. The Kier molecular flexibility index (Phi) is 4.80. The van der Waals surface area contributed by atoms with Crippen molar-refractivity contribution in [1.82, 2.24) is 5.16 Å². The summed E-state index contributed by atoms with van der Waals surface area (Å²) in [4.78, 5) is 0. The molecule has 1 aromatic heterocycles. The summed E-state index contributed by atoms with van der Waals surface area (Å²) in [5.74, 6) is 1.41. The van der Waals surface area contributed by atoms with Gasteiger partial charge >= 0.3 is 0 Å². The Morgan fingerprint density at radius 3 is 2.39 bits per heavy atom. The smallest absolute Gasteiger partial charge is 0.175 e. The average Bonchev–Trinajstić information content (AvgIpc) is 3.13. The molecule has 0 atom stereocenters. The summed E-state index contributed by atoms with van der Waals surface area (Å²) in [6.45, 7) is 2.04. The highest BCUT2D eigenvalue weighted by molar-refractivity contribution is 6.34. The van der Waals surface area contributed by atoms with Crippen LogP contribution < -0.4 is 4.74 Å². The van der Waals surface area contributed by atoms with E-state index in [0.29, 0.717) is 27.8 Å². The lowest BCUT2D eigenvalue weighted by atomic mass is 9.93. The van der Waals surface area contributed by atoms with Gasteiger partial charge in [0, 0.05) is 5.56 Å². The van der Waals surface area contributed by atoms with E-state index < -0.39 is 0 Å². The number of benzene rings is 3. The van der Waals surface area contributed by atoms with Crippen molar-refractivity contribution in [2.45, 2.75) is 6.92 Å². The molecule has 4 rings (SSSR count). The van der Waals surface area contributed by atoms with E-state index in [2.05, 4.69) is 5.16 Å². The van der Waals surface area contributed by atoms with Crippen LogP contribution in [0.25, 0.3) is 33.7 Å². The van der Waals surface area contributed by atoms with Crippen molar-refractivity contribution in [3.8, 4) is 45.2 Å². The van der Waals surface area contributed by atoms with E-state index in [1.54, 1.807) is 37.4 Å². The number of nitrogens with zero attached hydrogens (tertiary/aromatic N) is 1. The summed E-state index contributed by atoms with van der Waals surface area (Å²) in [6, 6.07) is 20.3. The van der Waals surface area contributed by atoms with Gasteiger partial charge in [0.15, 0.2) is 5.76 Å². The Morgan fingerprint density at radius 1 is 0.929 bits per heavy atom. The number of aromatic nitrogens is 1. The summed E-state index contributed by atoms with van der Waals surface area (Å²) in [6.07, 6.45) is 0. The molecular formula is C23H18ClNO3. The van der Waals surface area contributed by atoms with Gasteiger partial charge < -0.3 is 14.4 Å². The molecule has 0 aliphatic heterocycles. The first-order chi connectivity index (χ1) is 13.6. The molecular weight excluding hydrogens is 374 g/mol. The number of hydrogen-bond acceptors (Lipinski definition) is 4. The summed E-state index contributed by atoms with van der Waals surface area (Å²) in [5.41, 5.74) is 5.00. The maximum absolute atomic E-state index is 9.64. The number of methoxy groups -OCH3 is 1. The molecule has 0 saturated carbocycles. The van der Waals surface area contributed by atoms with Gasteiger partial charge in [-0.3, -0.25) is 0 Å². The zero-order chi connectivity index (χ0) is 19.7. The molecule has 0 saturated heterocycles. The SMILES string of the molecule is COc1cccc(Cl)c1-c1noc(-c2ccc(O)cc2)c1-c1ccccc1C. The van der Waals surface area contributed by atoms with Crippen LogP contribution in [0.1, 0.15) is 5.56 Å². The van der Waals surface area contributed by atoms with Gasteiger partial charge in [-0.1, -0.05) is 47.1 Å². The van der Waals surface area contributed by atoms with Crippen LogP contribution in [-0.4, -0.2) is 17.4 Å². The third-order valence-corrected chi connectivity index (χ3v) is 4.98. The maximum atomic E-state index is 9.64. The van der Waals surface area contributed by atoms with E-state index >= 15 is 0 Å². The molecule has 3 aromatic carbocycles. The lowest BCUT2D eigenvalue weighted by molar-refractivity contribution is 0.413. The molecule has 5 heteroatoms. The lowest BCUT2D eigenvalue weighted by Gasteiger charge is -2.12. The first kappa shape index (κ1) is 18.1. The molecule has 0 amide bonds. The number of phenols is 1. The van der Waals surface area contributed by atoms with Gasteiger partial charge in [-0.15, -0.1) is 0 Å². The molecule has 4 nitrogen and oxygen atoms in total. The van der Waals surface area contributed by atoms with Crippen LogP contribution in [0.3, 0.4) is 0 Å². The van der Waals surface area contributed by atoms with Crippen molar-refractivity contribution >= 4 is 11.6 Å². The van der Waals surface area contributed by atoms with E-state index in [9.17, 15) is 5.11 Å². The third kappa shape index (κ3) is 3.12. The molecule has 0 aliphatic rings. The Balaban J connectivity index is 2.04. The van der Waals surface area contributed by atoms with Crippen molar-refractivity contribution in [2.24, 2.45) is 0 Å². The van der Waals surface area contributed by atoms with Gasteiger partial charge in [0.05, 0.1) is 23.3 Å². The second-order valence-electron chi connectivity index (χ2n) is 6.41. The first-order valence-corrected chi connectivity index (χ1v) is 9.16. The normalized spacial score (nSPS) is 10.8. The highest BCUT2D eigenvalue weighted by Gasteiger charge is 2.25. The Hall–Kier alpha value is -3.24. The molecule has 4 aromatic rings. The van der Waals surface area contributed by atoms with Crippen LogP contribution in [0.5, 0.6) is 11.5 Å². The van der Waals surface area contributed by atoms with Gasteiger partial charge in [0.2, 0.25) is 0 Å². The average molecular weight is 392 g/mol. The minimum atomic E-state index is 0.189. The maximum Gasteiger partial charge on any atom is 0.175 e. The number of halogens is 1. The van der Waals surface area contributed by atoms with Crippen molar-refractivity contribution in [3.63, 3.8) is 0 Å². The second kappa shape index (κ2) is 7.41. The van der Waals surface area contributed by atoms with Crippen LogP contribution >= 0.6 is 11.6 Å². The predicted molar refractivity (Wildman–Crippen MR) is 111 cm³/mol. The number of ether oxygens (including phenoxy) is 1. The number of rotatable bonds is 4. The zero-order valence-electron chi connectivity index (χ0n) is 15.4. The minimum absolute atomic E-state index is 0.189. The number of hydrogen-bond donors (Lipinski definition) is 1. The molecule has 140 valence electrons. The highest BCUT2D eigenvalue weighted by Crippen LogP contribution is 2.46. The van der Waals surface area contributed by atoms with Crippen LogP contribution in [0, 0.1) is 6.92 Å². The van der Waals surface area contributed by atoms with E-state index in [-0.39, 0.29) is 5.75 Å². The van der Waals surface area contributed by atoms with E-state index in [4.69, 9.17) is 20.9 Å². The van der Waals surface area contributed by atoms with Gasteiger partial charge in [-0.25, -0.2) is 0 Å². The van der Waals surface area contributed by atoms with Crippen molar-refractivity contribution in [3.05, 3.63) is 77.3 Å². The van der Waals surface area contributed by atoms with Crippen LogP contribution in [0.2, 0.25) is 5.02 Å². The molecule has 0 radical (unpaired) electrons. The van der Waals surface area contributed by atoms with Crippen LogP contribution in [-0.2, 0) is 0 Å². The number of phenolic OH excluding ortho intramolecular Hbond substituents is 1. The lowest BCUT2D eigenvalue weighted by Crippen LogP contribution is -1.92. The first-order valence-electron chi connectivity index (χ1n) is 8.78. The fraction of sp³-hybridized carbons (Fsp3) is 0.0870. The Morgan fingerprint density at radius 2 is 1.68 bits per heavy atom. The summed E-state index contributed by atoms with van der Waals surface area (Å²) >= 11 is 6.52. The van der Waals surface area contributed by atoms with Gasteiger partial charge in [-0.2, -0.15) is 0 Å². The molecule has 28 heavy (non-hydrogen) atoms. The summed E-state index contributed by atoms with van der Waals surface area (Å²) in [5, 5.41) is 14.5.